The quantitative estimate of drug-likeness (QED) is 0.872. The van der Waals surface area contributed by atoms with Gasteiger partial charge in [0.25, 0.3) is 0 Å². The number of rotatable bonds is 4. The van der Waals surface area contributed by atoms with Gasteiger partial charge in [0, 0.05) is 12.1 Å². The van der Waals surface area contributed by atoms with E-state index in [0.29, 0.717) is 23.5 Å². The van der Waals surface area contributed by atoms with Crippen LogP contribution in [0.15, 0.2) is 48.5 Å². The molecule has 6 heteroatoms. The summed E-state index contributed by atoms with van der Waals surface area (Å²) in [6.07, 6.45) is 0. The lowest BCUT2D eigenvalue weighted by atomic mass is 9.92. The Bertz CT molecular complexity index is 955. The Labute approximate surface area is 156 Å². The van der Waals surface area contributed by atoms with Crippen LogP contribution in [0.5, 0.6) is 5.75 Å². The molecule has 0 aromatic heterocycles. The number of benzene rings is 2. The van der Waals surface area contributed by atoms with Gasteiger partial charge in [-0.05, 0) is 29.8 Å². The number of amides is 2. The number of hydrogen-bond donors (Lipinski definition) is 2. The van der Waals surface area contributed by atoms with Crippen molar-refractivity contribution in [1.29, 1.82) is 0 Å². The molecule has 1 heterocycles. The fourth-order valence-corrected chi connectivity index (χ4v) is 4.02. The van der Waals surface area contributed by atoms with Crippen LogP contribution in [0.3, 0.4) is 0 Å². The van der Waals surface area contributed by atoms with Crippen LogP contribution in [0.25, 0.3) is 0 Å². The molecule has 2 aromatic rings. The number of hydrogen-bond acceptors (Lipinski definition) is 4. The van der Waals surface area contributed by atoms with E-state index in [1.807, 2.05) is 24.3 Å². The first-order chi connectivity index (χ1) is 13.0. The van der Waals surface area contributed by atoms with Crippen LogP contribution in [-0.2, 0) is 16.1 Å². The molecule has 1 unspecified atom stereocenters. The molecule has 0 spiro atoms. The monoisotopic (exact) mass is 364 g/mol. The number of carbonyl (C=O) groups excluding carboxylic acids is 3. The number of para-hydroxylation sites is 1. The zero-order valence-electron chi connectivity index (χ0n) is 15.1. The Morgan fingerprint density at radius 3 is 2.74 bits per heavy atom. The number of nitrogens with one attached hydrogen (secondary N) is 2. The van der Waals surface area contributed by atoms with Gasteiger partial charge in [-0.2, -0.15) is 0 Å². The summed E-state index contributed by atoms with van der Waals surface area (Å²) < 4.78 is 5.18. The largest absolute Gasteiger partial charge is 0.497 e. The van der Waals surface area contributed by atoms with E-state index in [1.54, 1.807) is 38.3 Å². The minimum atomic E-state index is -1.00. The molecular weight excluding hydrogens is 344 g/mol. The van der Waals surface area contributed by atoms with Crippen LogP contribution in [0, 0.1) is 17.3 Å². The third kappa shape index (κ3) is 2.68. The van der Waals surface area contributed by atoms with Crippen molar-refractivity contribution >= 4 is 23.3 Å². The zero-order valence-corrected chi connectivity index (χ0v) is 15.1. The van der Waals surface area contributed by atoms with Crippen molar-refractivity contribution < 1.29 is 19.1 Å². The van der Waals surface area contributed by atoms with Crippen molar-refractivity contribution in [2.24, 2.45) is 17.3 Å². The predicted molar refractivity (Wildman–Crippen MR) is 99.3 cm³/mol. The van der Waals surface area contributed by atoms with Crippen molar-refractivity contribution in [2.45, 2.75) is 13.5 Å². The molecule has 0 saturated heterocycles. The number of carbonyl (C=O) groups is 3. The van der Waals surface area contributed by atoms with Crippen LogP contribution in [0.4, 0.5) is 5.69 Å². The predicted octanol–water partition coefficient (Wildman–Crippen LogP) is 2.40. The van der Waals surface area contributed by atoms with Crippen LogP contribution >= 0.6 is 0 Å². The first-order valence-corrected chi connectivity index (χ1v) is 8.82. The van der Waals surface area contributed by atoms with E-state index in [-0.39, 0.29) is 17.6 Å². The van der Waals surface area contributed by atoms with Gasteiger partial charge in [0.1, 0.15) is 5.75 Å². The lowest BCUT2D eigenvalue weighted by Crippen LogP contribution is -2.29. The smallest absolute Gasteiger partial charge is 0.229 e. The molecule has 1 aliphatic heterocycles. The Kier molecular flexibility index (Phi) is 3.98. The van der Waals surface area contributed by atoms with E-state index >= 15 is 0 Å². The lowest BCUT2D eigenvalue weighted by molar-refractivity contribution is -0.125. The van der Waals surface area contributed by atoms with E-state index in [1.165, 1.54) is 0 Å². The molecule has 27 heavy (non-hydrogen) atoms. The topological polar surface area (TPSA) is 84.5 Å². The molecule has 1 saturated carbocycles. The molecule has 2 aliphatic rings. The third-order valence-electron chi connectivity index (χ3n) is 5.60. The second kappa shape index (κ2) is 6.23. The van der Waals surface area contributed by atoms with Gasteiger partial charge < -0.3 is 15.4 Å². The minimum Gasteiger partial charge on any atom is -0.497 e. The second-order valence-corrected chi connectivity index (χ2v) is 7.17. The van der Waals surface area contributed by atoms with Crippen molar-refractivity contribution in [2.75, 3.05) is 12.4 Å². The number of Topliss-reactive ketones (excluding diaryl/α,β-unsaturated/α-hetero) is 1. The molecule has 138 valence electrons. The molecular formula is C21H20N2O4. The molecule has 0 bridgehead atoms. The fourth-order valence-electron chi connectivity index (χ4n) is 4.02. The van der Waals surface area contributed by atoms with Crippen molar-refractivity contribution in [3.05, 3.63) is 59.7 Å². The summed E-state index contributed by atoms with van der Waals surface area (Å²) >= 11 is 0. The SMILES string of the molecule is COc1cccc(CNC(=O)[C@@H]2C3C(=O)Nc4ccccc4C(=O)[C@@]32C)c1. The molecule has 3 atom stereocenters. The number of anilines is 1. The van der Waals surface area contributed by atoms with Gasteiger partial charge in [0.15, 0.2) is 5.78 Å². The van der Waals surface area contributed by atoms with Gasteiger partial charge in [0.05, 0.1) is 30.0 Å². The normalized spacial score (nSPS) is 25.6. The van der Waals surface area contributed by atoms with E-state index in [4.69, 9.17) is 4.74 Å². The summed E-state index contributed by atoms with van der Waals surface area (Å²) in [4.78, 5) is 38.4. The average molecular weight is 364 g/mol. The van der Waals surface area contributed by atoms with Crippen molar-refractivity contribution in [3.63, 3.8) is 0 Å². The summed E-state index contributed by atoms with van der Waals surface area (Å²) in [6.45, 7) is 2.01. The zero-order chi connectivity index (χ0) is 19.2. The maximum atomic E-state index is 13.0. The van der Waals surface area contributed by atoms with E-state index in [0.717, 1.165) is 5.56 Å². The van der Waals surface area contributed by atoms with Gasteiger partial charge in [0.2, 0.25) is 11.8 Å². The summed E-state index contributed by atoms with van der Waals surface area (Å²) in [5, 5.41) is 5.64. The van der Waals surface area contributed by atoms with Crippen LogP contribution < -0.4 is 15.4 Å². The first kappa shape index (κ1) is 17.3. The van der Waals surface area contributed by atoms with E-state index in [9.17, 15) is 14.4 Å². The maximum Gasteiger partial charge on any atom is 0.229 e. The Hall–Kier alpha value is -3.15. The summed E-state index contributed by atoms with van der Waals surface area (Å²) in [5.41, 5.74) is 0.847. The molecule has 2 amide bonds. The molecule has 4 rings (SSSR count). The molecule has 2 N–H and O–H groups in total. The number of ether oxygens (including phenoxy) is 1. The first-order valence-electron chi connectivity index (χ1n) is 8.82. The Morgan fingerprint density at radius 2 is 1.96 bits per heavy atom. The van der Waals surface area contributed by atoms with Crippen LogP contribution in [-0.4, -0.2) is 24.7 Å². The van der Waals surface area contributed by atoms with Gasteiger partial charge in [-0.3, -0.25) is 14.4 Å². The number of methoxy groups -OCH3 is 1. The standard InChI is InChI=1S/C21H20N2O4/c1-21-16(19(25)22-11-12-6-5-7-13(10-12)27-2)17(21)20(26)23-15-9-4-3-8-14(15)18(21)24/h3-10,16-17H,11H2,1-2H3,(H,22,25)(H,23,26)/t16-,17?,21+/m0/s1. The van der Waals surface area contributed by atoms with Crippen molar-refractivity contribution in [3.8, 4) is 5.75 Å². The molecule has 6 nitrogen and oxygen atoms in total. The maximum absolute atomic E-state index is 13.0. The highest BCUT2D eigenvalue weighted by Gasteiger charge is 2.73. The fraction of sp³-hybridized carbons (Fsp3) is 0.286. The second-order valence-electron chi connectivity index (χ2n) is 7.17. The van der Waals surface area contributed by atoms with Gasteiger partial charge in [-0.1, -0.05) is 31.2 Å². The molecule has 2 aromatic carbocycles. The lowest BCUT2D eigenvalue weighted by Gasteiger charge is -2.13. The molecule has 1 aliphatic carbocycles. The third-order valence-corrected chi connectivity index (χ3v) is 5.60. The van der Waals surface area contributed by atoms with Gasteiger partial charge in [-0.25, -0.2) is 0 Å². The average Bonchev–Trinajstić information content (AvgIpc) is 3.34. The number of ketones is 1. The van der Waals surface area contributed by atoms with E-state index < -0.39 is 17.3 Å². The van der Waals surface area contributed by atoms with E-state index in [2.05, 4.69) is 10.6 Å². The summed E-state index contributed by atoms with van der Waals surface area (Å²) in [5.74, 6) is -1.34. The highest BCUT2D eigenvalue weighted by molar-refractivity contribution is 6.19. The summed E-state index contributed by atoms with van der Waals surface area (Å²) in [6, 6.07) is 14.3. The van der Waals surface area contributed by atoms with Crippen LogP contribution in [0.2, 0.25) is 0 Å². The van der Waals surface area contributed by atoms with Crippen molar-refractivity contribution in [1.82, 2.24) is 5.32 Å². The highest BCUT2D eigenvalue weighted by Crippen LogP contribution is 2.62. The van der Waals surface area contributed by atoms with Crippen LogP contribution in [0.1, 0.15) is 22.8 Å². The Morgan fingerprint density at radius 1 is 1.19 bits per heavy atom. The Balaban J connectivity index is 1.53. The molecule has 0 radical (unpaired) electrons. The van der Waals surface area contributed by atoms with Gasteiger partial charge in [-0.15, -0.1) is 0 Å². The summed E-state index contributed by atoms with van der Waals surface area (Å²) in [7, 11) is 1.58. The molecule has 1 fully saturated rings. The van der Waals surface area contributed by atoms with Gasteiger partial charge >= 0.3 is 0 Å². The number of fused-ring (bicyclic) bond motifs is 2. The highest BCUT2D eigenvalue weighted by atomic mass is 16.5. The minimum absolute atomic E-state index is 0.164.